The highest BCUT2D eigenvalue weighted by Crippen LogP contribution is 2.23. The van der Waals surface area contributed by atoms with Crippen molar-refractivity contribution >= 4 is 0 Å². The third kappa shape index (κ3) is 3.53. The van der Waals surface area contributed by atoms with E-state index in [0.29, 0.717) is 5.56 Å². The number of aryl methyl sites for hydroxylation is 1. The number of ether oxygens (including phenoxy) is 1. The number of rotatable bonds is 4. The van der Waals surface area contributed by atoms with Crippen LogP contribution in [0.5, 0.6) is 0 Å². The molecular weight excluding hydrogens is 243 g/mol. The summed E-state index contributed by atoms with van der Waals surface area (Å²) < 4.78 is 19.3. The molecule has 2 atom stereocenters. The minimum Gasteiger partial charge on any atom is -0.374 e. The second-order valence-corrected chi connectivity index (χ2v) is 5.22. The molecule has 2 unspecified atom stereocenters. The van der Waals surface area contributed by atoms with Gasteiger partial charge in [0.1, 0.15) is 5.82 Å². The van der Waals surface area contributed by atoms with Gasteiger partial charge in [0.15, 0.2) is 0 Å². The second kappa shape index (κ2) is 6.46. The summed E-state index contributed by atoms with van der Waals surface area (Å²) in [5.74, 6) is -0.152. The topological polar surface area (TPSA) is 24.5 Å². The molecule has 0 aliphatic carbocycles. The molecule has 1 aliphatic heterocycles. The van der Waals surface area contributed by atoms with Gasteiger partial charge in [-0.3, -0.25) is 0 Å². The van der Waals surface area contributed by atoms with Crippen LogP contribution in [0.1, 0.15) is 24.1 Å². The van der Waals surface area contributed by atoms with Gasteiger partial charge in [0.2, 0.25) is 0 Å². The van der Waals surface area contributed by atoms with Gasteiger partial charge < -0.3 is 15.0 Å². The van der Waals surface area contributed by atoms with E-state index < -0.39 is 0 Å². The Balaban J connectivity index is 2.20. The lowest BCUT2D eigenvalue weighted by molar-refractivity contribution is -0.0390. The van der Waals surface area contributed by atoms with Crippen molar-refractivity contribution in [3.05, 3.63) is 35.1 Å². The molecule has 3 nitrogen and oxygen atoms in total. The number of hydrogen-bond donors (Lipinski definition) is 1. The predicted octanol–water partition coefficient (Wildman–Crippen LogP) is 2.12. The molecule has 0 bridgehead atoms. The first kappa shape index (κ1) is 14.4. The second-order valence-electron chi connectivity index (χ2n) is 5.22. The van der Waals surface area contributed by atoms with E-state index in [1.54, 1.807) is 13.0 Å². The van der Waals surface area contributed by atoms with Gasteiger partial charge in [-0.05, 0) is 37.7 Å². The van der Waals surface area contributed by atoms with Crippen LogP contribution in [0.25, 0.3) is 0 Å². The zero-order valence-corrected chi connectivity index (χ0v) is 11.9. The van der Waals surface area contributed by atoms with Gasteiger partial charge in [0.05, 0.1) is 18.8 Å². The van der Waals surface area contributed by atoms with Gasteiger partial charge in [0, 0.05) is 13.1 Å². The van der Waals surface area contributed by atoms with Crippen LogP contribution in [0.2, 0.25) is 0 Å². The highest BCUT2D eigenvalue weighted by atomic mass is 19.1. The van der Waals surface area contributed by atoms with Crippen LogP contribution >= 0.6 is 0 Å². The van der Waals surface area contributed by atoms with Crippen LogP contribution in [-0.4, -0.2) is 44.3 Å². The van der Waals surface area contributed by atoms with Crippen LogP contribution in [0.15, 0.2) is 18.2 Å². The lowest BCUT2D eigenvalue weighted by Crippen LogP contribution is -2.46. The Kier molecular flexibility index (Phi) is 4.91. The maximum absolute atomic E-state index is 13.4. The molecule has 1 fully saturated rings. The lowest BCUT2D eigenvalue weighted by atomic mass is 9.98. The van der Waals surface area contributed by atoms with Crippen molar-refractivity contribution in [1.82, 2.24) is 10.2 Å². The molecule has 2 rings (SSSR count). The molecular formula is C15H23FN2O. The summed E-state index contributed by atoms with van der Waals surface area (Å²) in [6.07, 6.45) is 0.114. The fourth-order valence-corrected chi connectivity index (χ4v) is 2.56. The first-order chi connectivity index (χ1) is 9.11. The summed E-state index contributed by atoms with van der Waals surface area (Å²) >= 11 is 0. The minimum atomic E-state index is -0.152. The number of likely N-dealkylation sites (N-methyl/N-ethyl adjacent to an activating group) is 2. The van der Waals surface area contributed by atoms with Crippen LogP contribution in [0.4, 0.5) is 4.39 Å². The summed E-state index contributed by atoms with van der Waals surface area (Å²) in [6, 6.07) is 5.43. The van der Waals surface area contributed by atoms with Gasteiger partial charge in [0.25, 0.3) is 0 Å². The third-order valence-corrected chi connectivity index (χ3v) is 3.63. The van der Waals surface area contributed by atoms with Crippen LogP contribution in [0, 0.1) is 12.7 Å². The molecule has 0 aromatic heterocycles. The van der Waals surface area contributed by atoms with Crippen molar-refractivity contribution in [3.8, 4) is 0 Å². The summed E-state index contributed by atoms with van der Waals surface area (Å²) in [5, 5.41) is 3.46. The van der Waals surface area contributed by atoms with E-state index in [2.05, 4.69) is 24.2 Å². The van der Waals surface area contributed by atoms with Gasteiger partial charge in [-0.1, -0.05) is 19.1 Å². The number of nitrogens with zero attached hydrogens (tertiary/aromatic N) is 1. The van der Waals surface area contributed by atoms with Crippen molar-refractivity contribution in [1.29, 1.82) is 0 Å². The van der Waals surface area contributed by atoms with Gasteiger partial charge in [-0.2, -0.15) is 0 Å². The van der Waals surface area contributed by atoms with Gasteiger partial charge >= 0.3 is 0 Å². The predicted molar refractivity (Wildman–Crippen MR) is 74.8 cm³/mol. The Morgan fingerprint density at radius 1 is 1.53 bits per heavy atom. The Morgan fingerprint density at radius 3 is 2.95 bits per heavy atom. The average molecular weight is 266 g/mol. The minimum absolute atomic E-state index is 0.114. The monoisotopic (exact) mass is 266 g/mol. The van der Waals surface area contributed by atoms with Crippen molar-refractivity contribution < 1.29 is 9.13 Å². The van der Waals surface area contributed by atoms with E-state index in [1.807, 2.05) is 12.1 Å². The van der Waals surface area contributed by atoms with Gasteiger partial charge in [-0.15, -0.1) is 0 Å². The molecule has 0 amide bonds. The quantitative estimate of drug-likeness (QED) is 0.903. The molecule has 19 heavy (non-hydrogen) atoms. The van der Waals surface area contributed by atoms with Crippen molar-refractivity contribution in [3.63, 3.8) is 0 Å². The largest absolute Gasteiger partial charge is 0.374 e. The SMILES string of the molecule is CCNC(c1ccc(F)c(C)c1)C1CN(C)CCO1. The first-order valence-corrected chi connectivity index (χ1v) is 6.91. The molecule has 106 valence electrons. The maximum atomic E-state index is 13.4. The average Bonchev–Trinajstić information content (AvgIpc) is 2.39. The maximum Gasteiger partial charge on any atom is 0.126 e. The van der Waals surface area contributed by atoms with Crippen LogP contribution in [-0.2, 0) is 4.74 Å². The number of nitrogens with one attached hydrogen (secondary N) is 1. The number of benzene rings is 1. The molecule has 0 spiro atoms. The van der Waals surface area contributed by atoms with Crippen molar-refractivity contribution in [2.24, 2.45) is 0 Å². The summed E-state index contributed by atoms with van der Waals surface area (Å²) in [5.41, 5.74) is 1.78. The normalized spacial score (nSPS) is 22.4. The Morgan fingerprint density at radius 2 is 2.32 bits per heavy atom. The molecule has 1 saturated heterocycles. The molecule has 4 heteroatoms. The molecule has 0 saturated carbocycles. The van der Waals surface area contributed by atoms with E-state index in [9.17, 15) is 4.39 Å². The Labute approximate surface area is 114 Å². The van der Waals surface area contributed by atoms with E-state index in [4.69, 9.17) is 4.74 Å². The number of halogens is 1. The smallest absolute Gasteiger partial charge is 0.126 e. The summed E-state index contributed by atoms with van der Waals surface area (Å²) in [6.45, 7) is 7.37. The van der Waals surface area contributed by atoms with E-state index >= 15 is 0 Å². The fourth-order valence-electron chi connectivity index (χ4n) is 2.56. The van der Waals surface area contributed by atoms with Crippen molar-refractivity contribution in [2.75, 3.05) is 33.3 Å². The fraction of sp³-hybridized carbons (Fsp3) is 0.600. The van der Waals surface area contributed by atoms with Gasteiger partial charge in [-0.25, -0.2) is 4.39 Å². The van der Waals surface area contributed by atoms with E-state index in [-0.39, 0.29) is 18.0 Å². The van der Waals surface area contributed by atoms with E-state index in [0.717, 1.165) is 31.8 Å². The van der Waals surface area contributed by atoms with Crippen LogP contribution < -0.4 is 5.32 Å². The first-order valence-electron chi connectivity index (χ1n) is 6.91. The highest BCUT2D eigenvalue weighted by molar-refractivity contribution is 5.27. The molecule has 0 radical (unpaired) electrons. The zero-order chi connectivity index (χ0) is 13.8. The summed E-state index contributed by atoms with van der Waals surface area (Å²) in [7, 11) is 2.11. The van der Waals surface area contributed by atoms with E-state index in [1.165, 1.54) is 0 Å². The standard InChI is InChI=1S/C15H23FN2O/c1-4-17-15(14-10-18(3)7-8-19-14)12-5-6-13(16)11(2)9-12/h5-6,9,14-15,17H,4,7-8,10H2,1-3H3. The molecule has 1 N–H and O–H groups in total. The highest BCUT2D eigenvalue weighted by Gasteiger charge is 2.27. The van der Waals surface area contributed by atoms with Crippen LogP contribution in [0.3, 0.4) is 0 Å². The molecule has 1 aromatic rings. The molecule has 1 heterocycles. The Hall–Kier alpha value is -0.970. The molecule has 1 aliphatic rings. The van der Waals surface area contributed by atoms with Crippen molar-refractivity contribution in [2.45, 2.75) is 26.0 Å². The Bertz CT molecular complexity index is 425. The number of morpholine rings is 1. The molecule has 1 aromatic carbocycles. The lowest BCUT2D eigenvalue weighted by Gasteiger charge is -2.35. The summed E-state index contributed by atoms with van der Waals surface area (Å²) in [4.78, 5) is 2.27. The number of hydrogen-bond acceptors (Lipinski definition) is 3. The third-order valence-electron chi connectivity index (χ3n) is 3.63. The zero-order valence-electron chi connectivity index (χ0n) is 11.9.